The Morgan fingerprint density at radius 2 is 1.67 bits per heavy atom. The van der Waals surface area contributed by atoms with Crippen LogP contribution < -0.4 is 9.62 Å². The Kier molecular flexibility index (Phi) is 9.17. The zero-order valence-electron chi connectivity index (χ0n) is 22.1. The monoisotopic (exact) mass is 513 g/mol. The van der Waals surface area contributed by atoms with Crippen LogP contribution in [0.2, 0.25) is 0 Å². The van der Waals surface area contributed by atoms with E-state index in [9.17, 15) is 18.0 Å². The lowest BCUT2D eigenvalue weighted by Gasteiger charge is -2.33. The molecule has 0 radical (unpaired) electrons. The number of hydrogen-bond acceptors (Lipinski definition) is 4. The third-order valence-electron chi connectivity index (χ3n) is 6.87. The van der Waals surface area contributed by atoms with Crippen LogP contribution in [0.3, 0.4) is 0 Å². The molecule has 0 saturated heterocycles. The summed E-state index contributed by atoms with van der Waals surface area (Å²) in [6.07, 6.45) is 6.35. The minimum absolute atomic E-state index is 0.118. The van der Waals surface area contributed by atoms with Gasteiger partial charge >= 0.3 is 0 Å². The Morgan fingerprint density at radius 1 is 1.00 bits per heavy atom. The van der Waals surface area contributed by atoms with Gasteiger partial charge in [0.2, 0.25) is 21.8 Å². The Labute approximate surface area is 215 Å². The van der Waals surface area contributed by atoms with Gasteiger partial charge in [-0.15, -0.1) is 0 Å². The van der Waals surface area contributed by atoms with E-state index in [0.29, 0.717) is 5.69 Å². The summed E-state index contributed by atoms with van der Waals surface area (Å²) in [6, 6.07) is 12.7. The van der Waals surface area contributed by atoms with E-state index in [1.165, 1.54) is 11.3 Å². The number of nitrogens with zero attached hydrogens (tertiary/aromatic N) is 2. The van der Waals surface area contributed by atoms with E-state index >= 15 is 0 Å². The highest BCUT2D eigenvalue weighted by Crippen LogP contribution is 2.25. The summed E-state index contributed by atoms with van der Waals surface area (Å²) in [5, 5.41) is 3.12. The van der Waals surface area contributed by atoms with E-state index < -0.39 is 22.0 Å². The van der Waals surface area contributed by atoms with Crippen molar-refractivity contribution in [2.24, 2.45) is 0 Å². The molecule has 2 amide bonds. The Bertz CT molecular complexity index is 1190. The molecule has 196 valence electrons. The molecule has 2 aromatic rings. The zero-order valence-corrected chi connectivity index (χ0v) is 22.9. The van der Waals surface area contributed by atoms with Crippen molar-refractivity contribution < 1.29 is 18.0 Å². The lowest BCUT2D eigenvalue weighted by Crippen LogP contribution is -2.53. The maximum Gasteiger partial charge on any atom is 0.244 e. The van der Waals surface area contributed by atoms with Crippen LogP contribution in [0.4, 0.5) is 5.69 Å². The van der Waals surface area contributed by atoms with Crippen LogP contribution in [-0.4, -0.2) is 50.0 Å². The first-order valence-electron chi connectivity index (χ1n) is 12.7. The van der Waals surface area contributed by atoms with Crippen LogP contribution in [0.5, 0.6) is 0 Å². The number of carbonyl (C=O) groups excluding carboxylic acids is 2. The maximum absolute atomic E-state index is 13.7. The molecule has 36 heavy (non-hydrogen) atoms. The van der Waals surface area contributed by atoms with Crippen molar-refractivity contribution in [3.63, 3.8) is 0 Å². The van der Waals surface area contributed by atoms with Crippen LogP contribution in [-0.2, 0) is 26.2 Å². The van der Waals surface area contributed by atoms with Gasteiger partial charge in [0.15, 0.2) is 0 Å². The van der Waals surface area contributed by atoms with Gasteiger partial charge in [0, 0.05) is 12.6 Å². The number of nitrogens with one attached hydrogen (secondary N) is 1. The van der Waals surface area contributed by atoms with Gasteiger partial charge in [-0.3, -0.25) is 13.9 Å². The van der Waals surface area contributed by atoms with Crippen LogP contribution in [0, 0.1) is 20.8 Å². The van der Waals surface area contributed by atoms with E-state index in [1.54, 1.807) is 13.0 Å². The van der Waals surface area contributed by atoms with Crippen molar-refractivity contribution in [3.8, 4) is 0 Å². The van der Waals surface area contributed by atoms with Gasteiger partial charge in [-0.05, 0) is 63.3 Å². The summed E-state index contributed by atoms with van der Waals surface area (Å²) in [5.74, 6) is -0.630. The van der Waals surface area contributed by atoms with Crippen LogP contribution in [0.1, 0.15) is 61.3 Å². The molecule has 7 nitrogen and oxygen atoms in total. The molecule has 1 fully saturated rings. The molecule has 1 saturated carbocycles. The van der Waals surface area contributed by atoms with Gasteiger partial charge in [0.1, 0.15) is 12.6 Å². The van der Waals surface area contributed by atoms with Gasteiger partial charge in [-0.1, -0.05) is 61.2 Å². The first-order chi connectivity index (χ1) is 17.0. The van der Waals surface area contributed by atoms with E-state index in [0.717, 1.165) is 58.5 Å². The van der Waals surface area contributed by atoms with Gasteiger partial charge in [0.25, 0.3) is 0 Å². The van der Waals surface area contributed by atoms with Crippen molar-refractivity contribution in [2.75, 3.05) is 17.1 Å². The van der Waals surface area contributed by atoms with Crippen molar-refractivity contribution >= 4 is 27.5 Å². The quantitative estimate of drug-likeness (QED) is 0.543. The predicted molar refractivity (Wildman–Crippen MR) is 144 cm³/mol. The van der Waals surface area contributed by atoms with Crippen molar-refractivity contribution in [3.05, 3.63) is 64.7 Å². The molecular formula is C28H39N3O4S. The van der Waals surface area contributed by atoms with E-state index in [2.05, 4.69) is 5.32 Å². The first-order valence-corrected chi connectivity index (χ1v) is 14.5. The molecule has 8 heteroatoms. The molecule has 0 heterocycles. The van der Waals surface area contributed by atoms with Crippen molar-refractivity contribution in [1.82, 2.24) is 10.2 Å². The summed E-state index contributed by atoms with van der Waals surface area (Å²) in [5.41, 5.74) is 4.06. The molecule has 3 rings (SSSR count). The lowest BCUT2D eigenvalue weighted by molar-refractivity contribution is -0.139. The molecule has 1 N–H and O–H groups in total. The average Bonchev–Trinajstić information content (AvgIpc) is 2.82. The number of benzene rings is 2. The summed E-state index contributed by atoms with van der Waals surface area (Å²) < 4.78 is 26.7. The second-order valence-corrected chi connectivity index (χ2v) is 12.0. The minimum Gasteiger partial charge on any atom is -0.352 e. The number of sulfonamides is 1. The molecule has 0 aromatic heterocycles. The first kappa shape index (κ1) is 27.7. The summed E-state index contributed by atoms with van der Waals surface area (Å²) in [4.78, 5) is 28.5. The highest BCUT2D eigenvalue weighted by Gasteiger charge is 2.31. The number of hydrogen-bond donors (Lipinski definition) is 1. The van der Waals surface area contributed by atoms with Gasteiger partial charge in [-0.25, -0.2) is 8.42 Å². The van der Waals surface area contributed by atoms with Crippen molar-refractivity contribution in [1.29, 1.82) is 0 Å². The minimum atomic E-state index is -3.75. The number of anilines is 1. The molecule has 0 aliphatic heterocycles. The molecule has 1 atom stereocenters. The van der Waals surface area contributed by atoms with Crippen LogP contribution in [0.15, 0.2) is 42.5 Å². The van der Waals surface area contributed by atoms with E-state index in [4.69, 9.17) is 0 Å². The summed E-state index contributed by atoms with van der Waals surface area (Å²) in [6.45, 7) is 7.23. The van der Waals surface area contributed by atoms with Crippen molar-refractivity contribution in [2.45, 2.75) is 78.4 Å². The SMILES string of the molecule is Cc1cccc(CN(C(=O)CN(c2cc(C)ccc2C)S(C)(=O)=O)C(C)C(=O)NC2CCCCC2)c1. The van der Waals surface area contributed by atoms with Crippen LogP contribution >= 0.6 is 0 Å². The number of amides is 2. The summed E-state index contributed by atoms with van der Waals surface area (Å²) in [7, 11) is -3.75. The maximum atomic E-state index is 13.7. The van der Waals surface area contributed by atoms with Gasteiger partial charge in [-0.2, -0.15) is 0 Å². The molecule has 2 aromatic carbocycles. The van der Waals surface area contributed by atoms with Crippen LogP contribution in [0.25, 0.3) is 0 Å². The smallest absolute Gasteiger partial charge is 0.244 e. The normalized spacial score (nSPS) is 15.2. The molecule has 1 unspecified atom stereocenters. The second kappa shape index (κ2) is 11.9. The zero-order chi connectivity index (χ0) is 26.5. The van der Waals surface area contributed by atoms with Gasteiger partial charge < -0.3 is 10.2 Å². The number of carbonyl (C=O) groups is 2. The fraction of sp³-hybridized carbons (Fsp3) is 0.500. The number of aryl methyl sites for hydroxylation is 3. The second-order valence-electron chi connectivity index (χ2n) is 10.1. The largest absolute Gasteiger partial charge is 0.352 e. The highest BCUT2D eigenvalue weighted by molar-refractivity contribution is 7.92. The Balaban J connectivity index is 1.90. The fourth-order valence-electron chi connectivity index (χ4n) is 4.74. The molecule has 1 aliphatic rings. The summed E-state index contributed by atoms with van der Waals surface area (Å²) >= 11 is 0. The van der Waals surface area contributed by atoms with E-state index in [1.807, 2.05) is 57.2 Å². The highest BCUT2D eigenvalue weighted by atomic mass is 32.2. The predicted octanol–water partition coefficient (Wildman–Crippen LogP) is 4.24. The lowest BCUT2D eigenvalue weighted by atomic mass is 9.95. The molecule has 0 spiro atoms. The Morgan fingerprint density at radius 3 is 2.31 bits per heavy atom. The molecule has 0 bridgehead atoms. The molecule has 1 aliphatic carbocycles. The fourth-order valence-corrected chi connectivity index (χ4v) is 5.64. The van der Waals surface area contributed by atoms with Gasteiger partial charge in [0.05, 0.1) is 11.9 Å². The topological polar surface area (TPSA) is 86.8 Å². The standard InChI is InChI=1S/C28H39N3O4S/c1-20-10-9-11-24(16-20)18-30(23(4)28(33)29-25-12-7-6-8-13-25)27(32)19-31(36(5,34)35)26-17-21(2)14-15-22(26)3/h9-11,14-17,23,25H,6-8,12-13,18-19H2,1-5H3,(H,29,33). The average molecular weight is 514 g/mol. The third kappa shape index (κ3) is 7.32. The third-order valence-corrected chi connectivity index (χ3v) is 7.99. The Hall–Kier alpha value is -2.87. The molecular weight excluding hydrogens is 474 g/mol. The number of rotatable bonds is 9. The van der Waals surface area contributed by atoms with E-state index in [-0.39, 0.29) is 25.0 Å².